The number of esters is 1. The largest absolute Gasteiger partial charge is 0.454 e. The highest BCUT2D eigenvalue weighted by atomic mass is 16.5. The van der Waals surface area contributed by atoms with Gasteiger partial charge >= 0.3 is 5.97 Å². The minimum atomic E-state index is -0.753. The molecule has 0 radical (unpaired) electrons. The second-order valence-corrected chi connectivity index (χ2v) is 5.56. The molecule has 0 bridgehead atoms. The fourth-order valence-corrected chi connectivity index (χ4v) is 2.19. The van der Waals surface area contributed by atoms with Gasteiger partial charge in [-0.05, 0) is 24.8 Å². The number of nitrogens with zero attached hydrogens (tertiary/aromatic N) is 1. The van der Waals surface area contributed by atoms with Gasteiger partial charge in [-0.2, -0.15) is 0 Å². The van der Waals surface area contributed by atoms with Crippen LogP contribution in [0.2, 0.25) is 0 Å². The molecule has 0 saturated carbocycles. The fourth-order valence-electron chi connectivity index (χ4n) is 2.19. The number of carbonyl (C=O) groups excluding carboxylic acids is 1. The maximum absolute atomic E-state index is 12.1. The lowest BCUT2D eigenvalue weighted by Gasteiger charge is -2.35. The number of cyclic esters (lactones) is 1. The van der Waals surface area contributed by atoms with Crippen molar-refractivity contribution in [3.05, 3.63) is 35.9 Å². The molecule has 0 aliphatic carbocycles. The molecule has 0 aromatic heterocycles. The van der Waals surface area contributed by atoms with Gasteiger partial charge in [0.25, 0.3) is 0 Å². The molecule has 1 heterocycles. The third-order valence-electron chi connectivity index (χ3n) is 3.67. The van der Waals surface area contributed by atoms with Crippen molar-refractivity contribution in [3.8, 4) is 0 Å². The SMILES string of the molecule is CC[C@@]1(C)N=C(c2ccccc2)[C@H](C(C)C)OC1=O. The number of carbonyl (C=O) groups is 1. The van der Waals surface area contributed by atoms with Crippen LogP contribution in [0.15, 0.2) is 35.3 Å². The first kappa shape index (κ1) is 13.8. The predicted octanol–water partition coefficient (Wildman–Crippen LogP) is 3.23. The first-order chi connectivity index (χ1) is 8.98. The average Bonchev–Trinajstić information content (AvgIpc) is 2.42. The molecule has 1 aromatic rings. The Balaban J connectivity index is 2.51. The number of rotatable bonds is 3. The molecular formula is C16H21NO2. The van der Waals surface area contributed by atoms with Crippen molar-refractivity contribution < 1.29 is 9.53 Å². The Labute approximate surface area is 114 Å². The quantitative estimate of drug-likeness (QED) is 0.782. The molecule has 3 heteroatoms. The van der Waals surface area contributed by atoms with E-state index in [0.29, 0.717) is 6.42 Å². The third-order valence-corrected chi connectivity index (χ3v) is 3.67. The normalized spacial score (nSPS) is 27.1. The van der Waals surface area contributed by atoms with Crippen LogP contribution in [-0.2, 0) is 9.53 Å². The Bertz CT molecular complexity index is 493. The second kappa shape index (κ2) is 5.16. The molecule has 0 spiro atoms. The highest BCUT2D eigenvalue weighted by Crippen LogP contribution is 2.29. The van der Waals surface area contributed by atoms with Crippen LogP contribution in [0.5, 0.6) is 0 Å². The van der Waals surface area contributed by atoms with Crippen molar-refractivity contribution in [1.82, 2.24) is 0 Å². The molecule has 0 unspecified atom stereocenters. The summed E-state index contributed by atoms with van der Waals surface area (Å²) in [5, 5.41) is 0. The second-order valence-electron chi connectivity index (χ2n) is 5.56. The molecule has 2 atom stereocenters. The van der Waals surface area contributed by atoms with E-state index < -0.39 is 5.54 Å². The van der Waals surface area contributed by atoms with E-state index in [1.54, 1.807) is 0 Å². The highest BCUT2D eigenvalue weighted by Gasteiger charge is 2.42. The zero-order valence-corrected chi connectivity index (χ0v) is 12.0. The maximum atomic E-state index is 12.1. The van der Waals surface area contributed by atoms with Gasteiger partial charge in [-0.15, -0.1) is 0 Å². The summed E-state index contributed by atoms with van der Waals surface area (Å²) in [5.41, 5.74) is 1.17. The molecule has 2 rings (SSSR count). The standard InChI is InChI=1S/C16H21NO2/c1-5-16(4)15(18)19-14(11(2)3)13(17-16)12-9-7-6-8-10-12/h6-11,14H,5H2,1-4H3/t14-,16+/m0/s1. The topological polar surface area (TPSA) is 38.7 Å². The Kier molecular flexibility index (Phi) is 3.74. The smallest absolute Gasteiger partial charge is 0.334 e. The minimum absolute atomic E-state index is 0.212. The van der Waals surface area contributed by atoms with Crippen molar-refractivity contribution in [1.29, 1.82) is 0 Å². The summed E-state index contributed by atoms with van der Waals surface area (Å²) in [6.45, 7) is 7.90. The van der Waals surface area contributed by atoms with Gasteiger partial charge in [-0.3, -0.25) is 4.99 Å². The molecule has 0 saturated heterocycles. The van der Waals surface area contributed by atoms with Crippen LogP contribution in [0.25, 0.3) is 0 Å². The van der Waals surface area contributed by atoms with E-state index in [0.717, 1.165) is 11.3 Å². The zero-order valence-electron chi connectivity index (χ0n) is 12.0. The van der Waals surface area contributed by atoms with E-state index in [4.69, 9.17) is 9.73 Å². The first-order valence-electron chi connectivity index (χ1n) is 6.84. The maximum Gasteiger partial charge on any atom is 0.334 e. The Hall–Kier alpha value is -1.64. The lowest BCUT2D eigenvalue weighted by atomic mass is 9.90. The molecule has 0 amide bonds. The third kappa shape index (κ3) is 2.55. The van der Waals surface area contributed by atoms with Gasteiger partial charge in [0.2, 0.25) is 0 Å². The minimum Gasteiger partial charge on any atom is -0.454 e. The summed E-state index contributed by atoms with van der Waals surface area (Å²) < 4.78 is 5.65. The average molecular weight is 259 g/mol. The predicted molar refractivity (Wildman–Crippen MR) is 76.4 cm³/mol. The zero-order chi connectivity index (χ0) is 14.0. The molecular weight excluding hydrogens is 238 g/mol. The Morgan fingerprint density at radius 1 is 1.32 bits per heavy atom. The van der Waals surface area contributed by atoms with Crippen LogP contribution in [0.4, 0.5) is 0 Å². The van der Waals surface area contributed by atoms with Crippen LogP contribution in [0, 0.1) is 5.92 Å². The summed E-state index contributed by atoms with van der Waals surface area (Å²) in [4.78, 5) is 16.8. The van der Waals surface area contributed by atoms with Gasteiger partial charge < -0.3 is 4.74 Å². The lowest BCUT2D eigenvalue weighted by molar-refractivity contribution is -0.155. The van der Waals surface area contributed by atoms with Crippen LogP contribution in [0.3, 0.4) is 0 Å². The number of aliphatic imine (C=N–C) groups is 1. The first-order valence-corrected chi connectivity index (χ1v) is 6.84. The van der Waals surface area contributed by atoms with Crippen molar-refractivity contribution in [2.75, 3.05) is 0 Å². The summed E-state index contributed by atoms with van der Waals surface area (Å²) in [5.74, 6) is -0.00214. The van der Waals surface area contributed by atoms with E-state index >= 15 is 0 Å². The van der Waals surface area contributed by atoms with Crippen molar-refractivity contribution in [2.24, 2.45) is 10.9 Å². The molecule has 1 aliphatic heterocycles. The summed E-state index contributed by atoms with van der Waals surface area (Å²) >= 11 is 0. The molecule has 0 fully saturated rings. The lowest BCUT2D eigenvalue weighted by Crippen LogP contribution is -2.48. The Morgan fingerprint density at radius 2 is 1.95 bits per heavy atom. The van der Waals surface area contributed by atoms with Crippen molar-refractivity contribution in [3.63, 3.8) is 0 Å². The van der Waals surface area contributed by atoms with Gasteiger partial charge in [0, 0.05) is 0 Å². The fraction of sp³-hybridized carbons (Fsp3) is 0.500. The summed E-state index contributed by atoms with van der Waals surface area (Å²) in [7, 11) is 0. The van der Waals surface area contributed by atoms with E-state index in [1.165, 1.54) is 0 Å². The number of ether oxygens (including phenoxy) is 1. The molecule has 3 nitrogen and oxygen atoms in total. The number of hydrogen-bond donors (Lipinski definition) is 0. The highest BCUT2D eigenvalue weighted by molar-refractivity contribution is 6.08. The summed E-state index contributed by atoms with van der Waals surface area (Å²) in [6.07, 6.45) is 0.391. The van der Waals surface area contributed by atoms with Crippen LogP contribution < -0.4 is 0 Å². The summed E-state index contributed by atoms with van der Waals surface area (Å²) in [6, 6.07) is 9.97. The van der Waals surface area contributed by atoms with Gasteiger partial charge in [0.1, 0.15) is 6.10 Å². The van der Waals surface area contributed by atoms with E-state index in [2.05, 4.69) is 0 Å². The molecule has 1 aromatic carbocycles. The molecule has 19 heavy (non-hydrogen) atoms. The van der Waals surface area contributed by atoms with E-state index in [-0.39, 0.29) is 18.0 Å². The van der Waals surface area contributed by atoms with Gasteiger partial charge in [0.15, 0.2) is 5.54 Å². The van der Waals surface area contributed by atoms with Gasteiger partial charge in [-0.1, -0.05) is 51.1 Å². The molecule has 102 valence electrons. The van der Waals surface area contributed by atoms with Crippen LogP contribution in [0.1, 0.15) is 39.7 Å². The van der Waals surface area contributed by atoms with Crippen LogP contribution >= 0.6 is 0 Å². The number of benzene rings is 1. The van der Waals surface area contributed by atoms with Crippen molar-refractivity contribution >= 4 is 11.7 Å². The number of hydrogen-bond acceptors (Lipinski definition) is 3. The Morgan fingerprint density at radius 3 is 2.47 bits per heavy atom. The molecule has 0 N–H and O–H groups in total. The van der Waals surface area contributed by atoms with Crippen LogP contribution in [-0.4, -0.2) is 23.3 Å². The molecule has 1 aliphatic rings. The monoisotopic (exact) mass is 259 g/mol. The van der Waals surface area contributed by atoms with Gasteiger partial charge in [-0.25, -0.2) is 4.79 Å². The van der Waals surface area contributed by atoms with Gasteiger partial charge in [0.05, 0.1) is 5.71 Å². The van der Waals surface area contributed by atoms with Crippen molar-refractivity contribution in [2.45, 2.75) is 45.8 Å². The van der Waals surface area contributed by atoms with E-state index in [9.17, 15) is 4.79 Å². The van der Waals surface area contributed by atoms with E-state index in [1.807, 2.05) is 58.0 Å².